The van der Waals surface area contributed by atoms with Gasteiger partial charge in [0.05, 0.1) is 11.9 Å². The van der Waals surface area contributed by atoms with Gasteiger partial charge in [-0.3, -0.25) is 4.99 Å². The summed E-state index contributed by atoms with van der Waals surface area (Å²) in [7, 11) is 0. The Bertz CT molecular complexity index is 175. The van der Waals surface area contributed by atoms with Gasteiger partial charge in [0.1, 0.15) is 0 Å². The van der Waals surface area contributed by atoms with Crippen molar-refractivity contribution in [2.75, 3.05) is 11.5 Å². The van der Waals surface area contributed by atoms with E-state index in [1.54, 1.807) is 0 Å². The molecule has 1 saturated heterocycles. The molecule has 70 valence electrons. The van der Waals surface area contributed by atoms with Gasteiger partial charge in [-0.05, 0) is 12.2 Å². The molecular weight excluding hydrogens is 168 g/mol. The molecule has 0 aromatic carbocycles. The standard InChI is InChI=1S/C9H18N2S/c1-9(2,3)8(10)11-7-4-5-12-6-7/h7H,4-6H2,1-3H3,(H2,10,11). The van der Waals surface area contributed by atoms with E-state index in [2.05, 4.69) is 25.8 Å². The third kappa shape index (κ3) is 2.70. The zero-order valence-electron chi connectivity index (χ0n) is 8.13. The maximum absolute atomic E-state index is 5.87. The summed E-state index contributed by atoms with van der Waals surface area (Å²) in [4.78, 5) is 4.52. The van der Waals surface area contributed by atoms with Crippen LogP contribution in [0.1, 0.15) is 27.2 Å². The lowest BCUT2D eigenvalue weighted by Gasteiger charge is -2.18. The van der Waals surface area contributed by atoms with E-state index in [4.69, 9.17) is 5.73 Å². The van der Waals surface area contributed by atoms with Gasteiger partial charge in [0.25, 0.3) is 0 Å². The van der Waals surface area contributed by atoms with Crippen LogP contribution >= 0.6 is 11.8 Å². The van der Waals surface area contributed by atoms with Gasteiger partial charge >= 0.3 is 0 Å². The fourth-order valence-corrected chi connectivity index (χ4v) is 2.13. The van der Waals surface area contributed by atoms with E-state index in [1.165, 1.54) is 12.2 Å². The van der Waals surface area contributed by atoms with Crippen molar-refractivity contribution >= 4 is 17.6 Å². The molecule has 0 aromatic rings. The van der Waals surface area contributed by atoms with Gasteiger partial charge in [-0.1, -0.05) is 20.8 Å². The highest BCUT2D eigenvalue weighted by molar-refractivity contribution is 7.99. The van der Waals surface area contributed by atoms with Crippen molar-refractivity contribution in [3.63, 3.8) is 0 Å². The average Bonchev–Trinajstić information content (AvgIpc) is 2.37. The van der Waals surface area contributed by atoms with Crippen LogP contribution in [0, 0.1) is 5.41 Å². The molecule has 1 rings (SSSR count). The number of nitrogens with two attached hydrogens (primary N) is 1. The SMILES string of the molecule is CC(C)(C)C(N)=NC1CCSC1. The number of amidine groups is 1. The second kappa shape index (κ2) is 3.69. The van der Waals surface area contributed by atoms with Gasteiger partial charge in [-0.2, -0.15) is 11.8 Å². The van der Waals surface area contributed by atoms with Crippen LogP contribution in [0.25, 0.3) is 0 Å². The van der Waals surface area contributed by atoms with Gasteiger partial charge in [-0.15, -0.1) is 0 Å². The summed E-state index contributed by atoms with van der Waals surface area (Å²) < 4.78 is 0. The van der Waals surface area contributed by atoms with Crippen LogP contribution in [0.5, 0.6) is 0 Å². The Kier molecular flexibility index (Phi) is 3.04. The summed E-state index contributed by atoms with van der Waals surface area (Å²) in [6, 6.07) is 0.481. The molecule has 0 saturated carbocycles. The molecule has 2 N–H and O–H groups in total. The molecule has 0 amide bonds. The third-order valence-corrected chi connectivity index (χ3v) is 3.14. The highest BCUT2D eigenvalue weighted by atomic mass is 32.2. The fraction of sp³-hybridized carbons (Fsp3) is 0.889. The highest BCUT2D eigenvalue weighted by Gasteiger charge is 2.19. The highest BCUT2D eigenvalue weighted by Crippen LogP contribution is 2.22. The number of thioether (sulfide) groups is 1. The molecule has 0 radical (unpaired) electrons. The number of rotatable bonds is 1. The van der Waals surface area contributed by atoms with E-state index in [1.807, 2.05) is 11.8 Å². The van der Waals surface area contributed by atoms with E-state index in [0.717, 1.165) is 11.6 Å². The Morgan fingerprint density at radius 2 is 2.17 bits per heavy atom. The number of nitrogens with zero attached hydrogens (tertiary/aromatic N) is 1. The predicted octanol–water partition coefficient (Wildman–Crippen LogP) is 1.90. The fourth-order valence-electron chi connectivity index (χ4n) is 1.01. The molecule has 1 heterocycles. The number of hydrogen-bond acceptors (Lipinski definition) is 2. The van der Waals surface area contributed by atoms with Crippen molar-refractivity contribution in [1.29, 1.82) is 0 Å². The lowest BCUT2D eigenvalue weighted by Crippen LogP contribution is -2.30. The Hall–Kier alpha value is -0.180. The van der Waals surface area contributed by atoms with Crippen molar-refractivity contribution in [2.24, 2.45) is 16.1 Å². The molecule has 1 fully saturated rings. The molecule has 0 bridgehead atoms. The van der Waals surface area contributed by atoms with E-state index in [-0.39, 0.29) is 5.41 Å². The van der Waals surface area contributed by atoms with E-state index >= 15 is 0 Å². The van der Waals surface area contributed by atoms with Crippen LogP contribution in [-0.4, -0.2) is 23.4 Å². The first kappa shape index (κ1) is 9.90. The Labute approximate surface area is 79.0 Å². The normalized spacial score (nSPS) is 26.2. The molecule has 2 nitrogen and oxygen atoms in total. The van der Waals surface area contributed by atoms with E-state index in [0.29, 0.717) is 6.04 Å². The summed E-state index contributed by atoms with van der Waals surface area (Å²) in [5.41, 5.74) is 5.91. The predicted molar refractivity (Wildman–Crippen MR) is 56.8 cm³/mol. The van der Waals surface area contributed by atoms with Gasteiger partial charge < -0.3 is 5.73 Å². The van der Waals surface area contributed by atoms with Crippen molar-refractivity contribution in [3.05, 3.63) is 0 Å². The Morgan fingerprint density at radius 3 is 2.58 bits per heavy atom. The minimum Gasteiger partial charge on any atom is -0.387 e. The first-order chi connectivity index (χ1) is 5.50. The van der Waals surface area contributed by atoms with Gasteiger partial charge in [0, 0.05) is 11.2 Å². The van der Waals surface area contributed by atoms with Crippen LogP contribution in [-0.2, 0) is 0 Å². The monoisotopic (exact) mass is 186 g/mol. The molecule has 1 atom stereocenters. The minimum absolute atomic E-state index is 0.0350. The summed E-state index contributed by atoms with van der Waals surface area (Å²) in [5.74, 6) is 3.19. The number of hydrogen-bond donors (Lipinski definition) is 1. The quantitative estimate of drug-likeness (QED) is 0.502. The number of aliphatic imine (C=N–C) groups is 1. The maximum Gasteiger partial charge on any atom is 0.0995 e. The van der Waals surface area contributed by atoms with Gasteiger partial charge in [-0.25, -0.2) is 0 Å². The van der Waals surface area contributed by atoms with Crippen LogP contribution in [0.3, 0.4) is 0 Å². The molecule has 0 aliphatic carbocycles. The third-order valence-electron chi connectivity index (χ3n) is 2.00. The molecule has 1 aliphatic rings. The molecule has 0 aromatic heterocycles. The van der Waals surface area contributed by atoms with Crippen molar-refractivity contribution in [2.45, 2.75) is 33.2 Å². The molecule has 1 unspecified atom stereocenters. The van der Waals surface area contributed by atoms with Crippen molar-refractivity contribution in [1.82, 2.24) is 0 Å². The first-order valence-corrected chi connectivity index (χ1v) is 5.57. The topological polar surface area (TPSA) is 38.4 Å². The summed E-state index contributed by atoms with van der Waals surface area (Å²) in [6.07, 6.45) is 1.20. The van der Waals surface area contributed by atoms with Crippen LogP contribution in [0.15, 0.2) is 4.99 Å². The zero-order valence-corrected chi connectivity index (χ0v) is 8.95. The van der Waals surface area contributed by atoms with Gasteiger partial charge in [0.2, 0.25) is 0 Å². The lowest BCUT2D eigenvalue weighted by atomic mass is 9.95. The van der Waals surface area contributed by atoms with E-state index < -0.39 is 0 Å². The Balaban J connectivity index is 2.55. The summed E-state index contributed by atoms with van der Waals surface area (Å²) in [6.45, 7) is 6.32. The smallest absolute Gasteiger partial charge is 0.0995 e. The molecule has 3 heteroatoms. The molecule has 0 spiro atoms. The summed E-state index contributed by atoms with van der Waals surface area (Å²) in [5, 5.41) is 0. The minimum atomic E-state index is 0.0350. The van der Waals surface area contributed by atoms with Crippen LogP contribution in [0.2, 0.25) is 0 Å². The van der Waals surface area contributed by atoms with Gasteiger partial charge in [0.15, 0.2) is 0 Å². The lowest BCUT2D eigenvalue weighted by molar-refractivity contribution is 0.574. The molecule has 1 aliphatic heterocycles. The second-order valence-electron chi connectivity index (χ2n) is 4.28. The van der Waals surface area contributed by atoms with Crippen LogP contribution < -0.4 is 5.73 Å². The Morgan fingerprint density at radius 1 is 1.50 bits per heavy atom. The average molecular weight is 186 g/mol. The molecular formula is C9H18N2S. The van der Waals surface area contributed by atoms with Crippen LogP contribution in [0.4, 0.5) is 0 Å². The first-order valence-electron chi connectivity index (χ1n) is 4.41. The van der Waals surface area contributed by atoms with E-state index in [9.17, 15) is 0 Å². The largest absolute Gasteiger partial charge is 0.387 e. The second-order valence-corrected chi connectivity index (χ2v) is 5.43. The summed E-state index contributed by atoms with van der Waals surface area (Å²) >= 11 is 1.97. The maximum atomic E-state index is 5.87. The van der Waals surface area contributed by atoms with Crippen molar-refractivity contribution < 1.29 is 0 Å². The molecule has 12 heavy (non-hydrogen) atoms. The zero-order chi connectivity index (χ0) is 9.19. The van der Waals surface area contributed by atoms with Crippen molar-refractivity contribution in [3.8, 4) is 0 Å².